The first kappa shape index (κ1) is 37.0. The molecule has 2 N–H and O–H groups in total. The van der Waals surface area contributed by atoms with Gasteiger partial charge in [0.2, 0.25) is 0 Å². The molecule has 7 heterocycles. The molecule has 55 heavy (non-hydrogen) atoms. The molecule has 4 aliphatic heterocycles. The summed E-state index contributed by atoms with van der Waals surface area (Å²) in [7, 11) is 0. The summed E-state index contributed by atoms with van der Waals surface area (Å²) >= 11 is 0.822. The number of carbonyl (C=O) groups excluding carboxylic acids is 1. The number of pyridine rings is 1. The molecule has 0 radical (unpaired) electrons. The Kier molecular flexibility index (Phi) is 9.60. The molecule has 0 spiro atoms. The fourth-order valence-corrected chi connectivity index (χ4v) is 9.14. The number of carboxylic acid groups (broad SMARTS) is 1. The molecule has 0 aliphatic carbocycles. The second-order valence-electron chi connectivity index (χ2n) is 15.2. The number of nitrogens with one attached hydrogen (secondary N) is 1. The van der Waals surface area contributed by atoms with Gasteiger partial charge in [0.1, 0.15) is 34.1 Å². The van der Waals surface area contributed by atoms with Crippen molar-refractivity contribution in [2.75, 3.05) is 56.2 Å². The number of hydrogen-bond acceptors (Lipinski definition) is 13. The van der Waals surface area contributed by atoms with Gasteiger partial charge < -0.3 is 33.9 Å². The van der Waals surface area contributed by atoms with E-state index in [4.69, 9.17) is 23.9 Å². The molecule has 3 atom stereocenters. The number of fused-ring (bicyclic) bond motifs is 6. The molecule has 18 heteroatoms. The molecule has 2 bridgehead atoms. The van der Waals surface area contributed by atoms with Crippen LogP contribution in [0.3, 0.4) is 0 Å². The maximum absolute atomic E-state index is 17.7. The molecule has 8 rings (SSSR count). The number of morpholine rings is 1. The maximum Gasteiger partial charge on any atom is 0.412 e. The Labute approximate surface area is 318 Å². The minimum atomic E-state index is -0.997. The van der Waals surface area contributed by atoms with Gasteiger partial charge in [0.25, 0.3) is 0 Å². The number of halogens is 2. The first-order valence-corrected chi connectivity index (χ1v) is 19.0. The van der Waals surface area contributed by atoms with Gasteiger partial charge >= 0.3 is 18.2 Å². The maximum atomic E-state index is 17.7. The minimum Gasteiger partial charge on any atom is -0.465 e. The monoisotopic (exact) mass is 778 g/mol. The number of thiophene rings is 1. The highest BCUT2D eigenvalue weighted by atomic mass is 32.1. The van der Waals surface area contributed by atoms with E-state index in [2.05, 4.69) is 31.2 Å². The molecule has 1 aromatic carbocycles. The third kappa shape index (κ3) is 6.83. The van der Waals surface area contributed by atoms with Gasteiger partial charge in [-0.2, -0.15) is 15.2 Å². The fraction of sp³-hybridized carbons (Fsp3) is 0.514. The van der Waals surface area contributed by atoms with Crippen LogP contribution in [-0.4, -0.2) is 112 Å². The molecule has 290 valence electrons. The first-order chi connectivity index (χ1) is 26.3. The summed E-state index contributed by atoms with van der Waals surface area (Å²) < 4.78 is 56.3. The van der Waals surface area contributed by atoms with Gasteiger partial charge in [0, 0.05) is 55.8 Å². The predicted octanol–water partition coefficient (Wildman–Crippen LogP) is 5.86. The van der Waals surface area contributed by atoms with E-state index in [-0.39, 0.29) is 87.9 Å². The van der Waals surface area contributed by atoms with Crippen molar-refractivity contribution in [3.05, 3.63) is 34.5 Å². The van der Waals surface area contributed by atoms with E-state index in [1.807, 2.05) is 6.92 Å². The summed E-state index contributed by atoms with van der Waals surface area (Å²) in [6, 6.07) is 1.57. The largest absolute Gasteiger partial charge is 0.465 e. The molecule has 3 unspecified atom stereocenters. The van der Waals surface area contributed by atoms with E-state index < -0.39 is 29.4 Å². The Bertz CT molecular complexity index is 2240. The van der Waals surface area contributed by atoms with Crippen LogP contribution in [0, 0.1) is 23.0 Å². The third-order valence-corrected chi connectivity index (χ3v) is 11.4. The van der Waals surface area contributed by atoms with Crippen molar-refractivity contribution >= 4 is 55.3 Å². The van der Waals surface area contributed by atoms with Gasteiger partial charge in [-0.1, -0.05) is 0 Å². The van der Waals surface area contributed by atoms with Crippen molar-refractivity contribution < 1.29 is 42.4 Å². The number of amides is 2. The van der Waals surface area contributed by atoms with E-state index >= 15 is 8.78 Å². The van der Waals surface area contributed by atoms with E-state index in [9.17, 15) is 20.0 Å². The average molecular weight is 779 g/mol. The zero-order chi connectivity index (χ0) is 38.8. The van der Waals surface area contributed by atoms with Crippen LogP contribution in [0.4, 0.5) is 29.2 Å². The van der Waals surface area contributed by atoms with Crippen molar-refractivity contribution in [1.29, 1.82) is 5.26 Å². The van der Waals surface area contributed by atoms with Crippen molar-refractivity contribution in [1.82, 2.24) is 24.8 Å². The number of ether oxygens (including phenoxy) is 4. The smallest absolute Gasteiger partial charge is 0.412 e. The lowest BCUT2D eigenvalue weighted by molar-refractivity contribution is 0.0207. The normalized spacial score (nSPS) is 20.5. The highest BCUT2D eigenvalue weighted by Gasteiger charge is 2.44. The van der Waals surface area contributed by atoms with E-state index in [0.29, 0.717) is 42.1 Å². The van der Waals surface area contributed by atoms with Crippen LogP contribution in [0.15, 0.2) is 6.20 Å². The Morgan fingerprint density at radius 3 is 2.49 bits per heavy atom. The highest BCUT2D eigenvalue weighted by Crippen LogP contribution is 2.48. The molecule has 0 saturated carbocycles. The Balaban J connectivity index is 1.30. The quantitative estimate of drug-likeness (QED) is 0.228. The number of anilines is 2. The number of hydrogen-bond donors (Lipinski definition) is 2. The molecule has 15 nitrogen and oxygen atoms in total. The molecule has 2 amide bonds. The topological polar surface area (TPSA) is 175 Å². The number of nitrogens with zero attached hydrogens (tertiary/aromatic N) is 7. The summed E-state index contributed by atoms with van der Waals surface area (Å²) in [5, 5.41) is 23.2. The third-order valence-electron chi connectivity index (χ3n) is 10.3. The zero-order valence-corrected chi connectivity index (χ0v) is 31.6. The van der Waals surface area contributed by atoms with Gasteiger partial charge in [0.05, 0.1) is 54.0 Å². The average Bonchev–Trinajstić information content (AvgIpc) is 3.82. The number of nitriles is 1. The molecule has 3 aromatic heterocycles. The van der Waals surface area contributed by atoms with Crippen molar-refractivity contribution in [3.63, 3.8) is 0 Å². The SMILES string of the molecule is CC(CN1CCOCC1)Oc1nc(N2C3CCC2CN(C(=O)O)C3)c2c3c(c(-c4ncc(F)c5sc(NC(=O)OC(C)(C)C)c(C#N)c45)c(F)c2n1)COC3. The van der Waals surface area contributed by atoms with Gasteiger partial charge in [-0.15, -0.1) is 11.3 Å². The van der Waals surface area contributed by atoms with Crippen molar-refractivity contribution in [2.24, 2.45) is 0 Å². The molecule has 4 aromatic rings. The van der Waals surface area contributed by atoms with Gasteiger partial charge in [0.15, 0.2) is 11.6 Å². The zero-order valence-electron chi connectivity index (χ0n) is 30.8. The summed E-state index contributed by atoms with van der Waals surface area (Å²) in [5.41, 5.74) is 0.00942. The number of carbonyl (C=O) groups is 2. The molecular formula is C37H40F2N8O7S. The highest BCUT2D eigenvalue weighted by molar-refractivity contribution is 7.23. The standard InChI is InChI=1S/C37H40F2N8O7S/c1-18(13-45-7-9-51-10-8-45)53-34-42-30-27(32(43-34)47-19-5-6-20(47)15-46(14-19)36(49)50)23-17-52-16-22(23)25(28(30)39)29-26-21(11-40)33(44-35(48)54-37(2,3)4)55-31(26)24(38)12-41-29/h12,18-20H,5-10,13-17H2,1-4H3,(H,44,48)(H,49,50). The Morgan fingerprint density at radius 1 is 1.11 bits per heavy atom. The van der Waals surface area contributed by atoms with Crippen molar-refractivity contribution in [3.8, 4) is 23.3 Å². The lowest BCUT2D eigenvalue weighted by atomic mass is 9.93. The van der Waals surface area contributed by atoms with Crippen LogP contribution in [0.2, 0.25) is 0 Å². The van der Waals surface area contributed by atoms with Crippen LogP contribution < -0.4 is 15.0 Å². The van der Waals surface area contributed by atoms with Gasteiger partial charge in [-0.25, -0.2) is 18.4 Å². The molecule has 3 fully saturated rings. The number of aromatic nitrogens is 3. The van der Waals surface area contributed by atoms with E-state index in [0.717, 1.165) is 43.5 Å². The van der Waals surface area contributed by atoms with Crippen molar-refractivity contribution in [2.45, 2.75) is 77.5 Å². The fourth-order valence-electron chi connectivity index (χ4n) is 8.10. The number of piperazine rings is 1. The van der Waals surface area contributed by atoms with Crippen LogP contribution in [0.5, 0.6) is 6.01 Å². The minimum absolute atomic E-state index is 0.00279. The molecule has 3 saturated heterocycles. The predicted molar refractivity (Wildman–Crippen MR) is 197 cm³/mol. The Morgan fingerprint density at radius 2 is 1.82 bits per heavy atom. The van der Waals surface area contributed by atoms with Crippen LogP contribution >= 0.6 is 11.3 Å². The summed E-state index contributed by atoms with van der Waals surface area (Å²) in [5.74, 6) is -1.11. The number of likely N-dealkylation sites (tertiary alicyclic amines) is 1. The van der Waals surface area contributed by atoms with Gasteiger partial charge in [-0.05, 0) is 51.7 Å². The summed E-state index contributed by atoms with van der Waals surface area (Å²) in [4.78, 5) is 44.5. The first-order valence-electron chi connectivity index (χ1n) is 18.2. The van der Waals surface area contributed by atoms with Crippen LogP contribution in [-0.2, 0) is 27.4 Å². The lowest BCUT2D eigenvalue weighted by Crippen LogP contribution is -2.55. The van der Waals surface area contributed by atoms with Crippen LogP contribution in [0.25, 0.3) is 32.2 Å². The molecular weight excluding hydrogens is 739 g/mol. The number of rotatable bonds is 7. The van der Waals surface area contributed by atoms with E-state index in [1.54, 1.807) is 20.8 Å². The summed E-state index contributed by atoms with van der Waals surface area (Å²) in [6.45, 7) is 10.8. The Hall–Kier alpha value is -4.96. The van der Waals surface area contributed by atoms with Crippen LogP contribution in [0.1, 0.15) is 57.2 Å². The summed E-state index contributed by atoms with van der Waals surface area (Å²) in [6.07, 6.45) is 0.176. The lowest BCUT2D eigenvalue weighted by Gasteiger charge is -2.41. The van der Waals surface area contributed by atoms with Gasteiger partial charge in [-0.3, -0.25) is 15.2 Å². The second kappa shape index (κ2) is 14.3. The molecule has 4 aliphatic rings. The second-order valence-corrected chi connectivity index (χ2v) is 16.2. The van der Waals surface area contributed by atoms with E-state index in [1.165, 1.54) is 4.90 Å². The number of benzene rings is 1.